The van der Waals surface area contributed by atoms with Crippen molar-refractivity contribution in [3.05, 3.63) is 86.8 Å². The molecule has 4 rings (SSSR count). The van der Waals surface area contributed by atoms with Gasteiger partial charge in [-0.05, 0) is 23.3 Å². The van der Waals surface area contributed by atoms with E-state index in [-0.39, 0.29) is 5.56 Å². The lowest BCUT2D eigenvalue weighted by Crippen LogP contribution is -2.25. The molecule has 2 heterocycles. The Hall–Kier alpha value is -1.69. The molecule has 2 aromatic carbocycles. The van der Waals surface area contributed by atoms with Gasteiger partial charge in [0.25, 0.3) is 5.56 Å². The van der Waals surface area contributed by atoms with Crippen molar-refractivity contribution >= 4 is 35.1 Å². The van der Waals surface area contributed by atoms with E-state index in [1.54, 1.807) is 23.5 Å². The van der Waals surface area contributed by atoms with E-state index in [2.05, 4.69) is 6.92 Å². The van der Waals surface area contributed by atoms with Crippen LogP contribution >= 0.6 is 35.1 Å². The predicted molar refractivity (Wildman–Crippen MR) is 114 cm³/mol. The Labute approximate surface area is 172 Å². The van der Waals surface area contributed by atoms with E-state index < -0.39 is 0 Å². The lowest BCUT2D eigenvalue weighted by atomic mass is 10.2. The van der Waals surface area contributed by atoms with E-state index in [4.69, 9.17) is 16.6 Å². The van der Waals surface area contributed by atoms with Gasteiger partial charge in [-0.25, -0.2) is 4.98 Å². The highest BCUT2D eigenvalue weighted by Crippen LogP contribution is 2.34. The topological polar surface area (TPSA) is 34.9 Å². The van der Waals surface area contributed by atoms with E-state index in [0.29, 0.717) is 11.8 Å². The zero-order valence-electron chi connectivity index (χ0n) is 14.9. The van der Waals surface area contributed by atoms with Crippen LogP contribution in [0.4, 0.5) is 0 Å². The molecule has 0 N–H and O–H groups in total. The fourth-order valence-corrected chi connectivity index (χ4v) is 5.41. The van der Waals surface area contributed by atoms with Gasteiger partial charge >= 0.3 is 0 Å². The number of aromatic nitrogens is 2. The molecule has 1 atom stereocenters. The standard InChI is InChI=1S/C21H19ClN2OS2/c1-14-10-18-19(27-14)20(25)24(12-15-6-3-2-4-7-15)21(23-18)26-13-16-8-5-9-17(22)11-16/h2-9,11,14H,10,12-13H2,1H3. The van der Waals surface area contributed by atoms with Gasteiger partial charge in [-0.2, -0.15) is 0 Å². The summed E-state index contributed by atoms with van der Waals surface area (Å²) in [6.45, 7) is 2.68. The quantitative estimate of drug-likeness (QED) is 0.420. The molecule has 0 radical (unpaired) electrons. The maximum Gasteiger partial charge on any atom is 0.268 e. The molecule has 138 valence electrons. The fourth-order valence-electron chi connectivity index (χ4n) is 3.12. The summed E-state index contributed by atoms with van der Waals surface area (Å²) in [5.74, 6) is 0.725. The van der Waals surface area contributed by atoms with Crippen LogP contribution in [-0.2, 0) is 18.7 Å². The second-order valence-electron chi connectivity index (χ2n) is 6.60. The molecular formula is C21H19ClN2OS2. The first kappa shape index (κ1) is 18.7. The number of hydrogen-bond donors (Lipinski definition) is 0. The van der Waals surface area contributed by atoms with Crippen LogP contribution < -0.4 is 5.56 Å². The first-order valence-corrected chi connectivity index (χ1v) is 11.1. The van der Waals surface area contributed by atoms with Crippen LogP contribution in [0, 0.1) is 0 Å². The van der Waals surface area contributed by atoms with Crippen molar-refractivity contribution in [3.8, 4) is 0 Å². The third kappa shape index (κ3) is 4.26. The van der Waals surface area contributed by atoms with Crippen molar-refractivity contribution in [3.63, 3.8) is 0 Å². The molecule has 0 aliphatic carbocycles. The van der Waals surface area contributed by atoms with E-state index in [9.17, 15) is 4.79 Å². The maximum atomic E-state index is 13.2. The van der Waals surface area contributed by atoms with Gasteiger partial charge < -0.3 is 0 Å². The van der Waals surface area contributed by atoms with E-state index in [1.165, 1.54) is 0 Å². The molecule has 0 saturated carbocycles. The smallest absolute Gasteiger partial charge is 0.268 e. The molecule has 3 aromatic rings. The van der Waals surface area contributed by atoms with Crippen LogP contribution in [0.2, 0.25) is 5.02 Å². The van der Waals surface area contributed by atoms with Crippen molar-refractivity contribution in [2.24, 2.45) is 0 Å². The van der Waals surface area contributed by atoms with Gasteiger partial charge in [-0.3, -0.25) is 9.36 Å². The van der Waals surface area contributed by atoms with E-state index >= 15 is 0 Å². The highest BCUT2D eigenvalue weighted by molar-refractivity contribution is 8.00. The van der Waals surface area contributed by atoms with Crippen molar-refractivity contribution in [2.75, 3.05) is 0 Å². The Morgan fingerprint density at radius 3 is 2.74 bits per heavy atom. The van der Waals surface area contributed by atoms with Gasteiger partial charge in [-0.1, -0.05) is 72.8 Å². The predicted octanol–water partition coefficient (Wildman–Crippen LogP) is 5.27. The SMILES string of the molecule is CC1Cc2nc(SCc3cccc(Cl)c3)n(Cc3ccccc3)c(=O)c2S1. The second kappa shape index (κ2) is 8.13. The summed E-state index contributed by atoms with van der Waals surface area (Å²) in [6, 6.07) is 17.9. The normalized spacial score (nSPS) is 15.7. The molecule has 1 unspecified atom stereocenters. The summed E-state index contributed by atoms with van der Waals surface area (Å²) in [7, 11) is 0. The van der Waals surface area contributed by atoms with E-state index in [0.717, 1.165) is 44.1 Å². The maximum absolute atomic E-state index is 13.2. The molecule has 0 spiro atoms. The average Bonchev–Trinajstić information content (AvgIpc) is 3.04. The monoisotopic (exact) mass is 414 g/mol. The van der Waals surface area contributed by atoms with Crippen molar-refractivity contribution in [1.29, 1.82) is 0 Å². The third-order valence-electron chi connectivity index (χ3n) is 4.40. The Bertz CT molecular complexity index is 1020. The highest BCUT2D eigenvalue weighted by Gasteiger charge is 2.26. The number of thioether (sulfide) groups is 2. The molecule has 27 heavy (non-hydrogen) atoms. The number of fused-ring (bicyclic) bond motifs is 1. The average molecular weight is 415 g/mol. The molecule has 3 nitrogen and oxygen atoms in total. The largest absolute Gasteiger partial charge is 0.282 e. The summed E-state index contributed by atoms with van der Waals surface area (Å²) in [4.78, 5) is 18.8. The summed E-state index contributed by atoms with van der Waals surface area (Å²) in [6.07, 6.45) is 0.853. The number of nitrogens with zero attached hydrogens (tertiary/aromatic N) is 2. The minimum absolute atomic E-state index is 0.0757. The zero-order valence-corrected chi connectivity index (χ0v) is 17.3. The summed E-state index contributed by atoms with van der Waals surface area (Å²) >= 11 is 9.34. The number of rotatable bonds is 5. The van der Waals surface area contributed by atoms with Crippen LogP contribution in [0.25, 0.3) is 0 Å². The Kier molecular flexibility index (Phi) is 5.62. The summed E-state index contributed by atoms with van der Waals surface area (Å²) in [5, 5.41) is 1.90. The van der Waals surface area contributed by atoms with Crippen LogP contribution in [0.5, 0.6) is 0 Å². The minimum Gasteiger partial charge on any atom is -0.282 e. The van der Waals surface area contributed by atoms with Gasteiger partial charge in [0, 0.05) is 22.4 Å². The minimum atomic E-state index is 0.0757. The van der Waals surface area contributed by atoms with Crippen LogP contribution in [0.15, 0.2) is 69.4 Å². The van der Waals surface area contributed by atoms with Crippen molar-refractivity contribution in [1.82, 2.24) is 9.55 Å². The molecule has 0 amide bonds. The molecule has 1 aliphatic heterocycles. The second-order valence-corrected chi connectivity index (χ2v) is 9.43. The fraction of sp³-hybridized carbons (Fsp3) is 0.238. The third-order valence-corrected chi connectivity index (χ3v) is 6.90. The van der Waals surface area contributed by atoms with Gasteiger partial charge in [0.15, 0.2) is 5.16 Å². The van der Waals surface area contributed by atoms with Crippen molar-refractivity contribution < 1.29 is 0 Å². The number of halogens is 1. The summed E-state index contributed by atoms with van der Waals surface area (Å²) in [5.41, 5.74) is 3.24. The lowest BCUT2D eigenvalue weighted by Gasteiger charge is -2.14. The molecule has 1 aromatic heterocycles. The first-order chi connectivity index (χ1) is 13.1. The number of benzene rings is 2. The van der Waals surface area contributed by atoms with Gasteiger partial charge in [0.05, 0.1) is 17.1 Å². The highest BCUT2D eigenvalue weighted by atomic mass is 35.5. The Morgan fingerprint density at radius 2 is 1.96 bits per heavy atom. The molecule has 6 heteroatoms. The first-order valence-electron chi connectivity index (χ1n) is 8.81. The Balaban J connectivity index is 1.69. The Morgan fingerprint density at radius 1 is 1.19 bits per heavy atom. The van der Waals surface area contributed by atoms with Crippen LogP contribution in [0.3, 0.4) is 0 Å². The van der Waals surface area contributed by atoms with Crippen LogP contribution in [-0.4, -0.2) is 14.8 Å². The van der Waals surface area contributed by atoms with Gasteiger partial charge in [0.1, 0.15) is 0 Å². The van der Waals surface area contributed by atoms with E-state index in [1.807, 2.05) is 59.2 Å². The molecular weight excluding hydrogens is 396 g/mol. The summed E-state index contributed by atoms with van der Waals surface area (Å²) < 4.78 is 1.81. The lowest BCUT2D eigenvalue weighted by molar-refractivity contribution is 0.614. The van der Waals surface area contributed by atoms with Crippen LogP contribution in [0.1, 0.15) is 23.7 Å². The van der Waals surface area contributed by atoms with Gasteiger partial charge in [-0.15, -0.1) is 11.8 Å². The van der Waals surface area contributed by atoms with Crippen molar-refractivity contribution in [2.45, 2.75) is 40.9 Å². The molecule has 0 saturated heterocycles. The molecule has 0 bridgehead atoms. The number of hydrogen-bond acceptors (Lipinski definition) is 4. The van der Waals surface area contributed by atoms with Gasteiger partial charge in [0.2, 0.25) is 0 Å². The molecule has 0 fully saturated rings. The zero-order chi connectivity index (χ0) is 18.8. The molecule has 1 aliphatic rings.